The van der Waals surface area contributed by atoms with Gasteiger partial charge in [0.25, 0.3) is 0 Å². The van der Waals surface area contributed by atoms with Crippen LogP contribution in [-0.2, 0) is 9.59 Å². The minimum atomic E-state index is -2.98. The minimum Gasteiger partial charge on any atom is -0.433 e. The van der Waals surface area contributed by atoms with Crippen LogP contribution in [-0.4, -0.2) is 29.9 Å². The molecule has 0 aliphatic rings. The third-order valence-corrected chi connectivity index (χ3v) is 4.43. The molecule has 27 heavy (non-hydrogen) atoms. The number of benzene rings is 2. The number of alkyl halides is 2. The zero-order chi connectivity index (χ0) is 19.8. The Morgan fingerprint density at radius 2 is 1.70 bits per heavy atom. The highest BCUT2D eigenvalue weighted by molar-refractivity contribution is 8.00. The molecule has 0 heterocycles. The van der Waals surface area contributed by atoms with Gasteiger partial charge in [0, 0.05) is 11.4 Å². The summed E-state index contributed by atoms with van der Waals surface area (Å²) < 4.78 is 28.6. The van der Waals surface area contributed by atoms with Crippen molar-refractivity contribution in [3.05, 3.63) is 53.1 Å². The fourth-order valence-electron chi connectivity index (χ4n) is 2.12. The van der Waals surface area contributed by atoms with Crippen LogP contribution in [0, 0.1) is 6.92 Å². The fourth-order valence-corrected chi connectivity index (χ4v) is 2.97. The van der Waals surface area contributed by atoms with Gasteiger partial charge in [0.2, 0.25) is 11.8 Å². The van der Waals surface area contributed by atoms with E-state index >= 15 is 0 Å². The molecule has 2 aromatic rings. The molecule has 9 heteroatoms. The van der Waals surface area contributed by atoms with Gasteiger partial charge in [-0.1, -0.05) is 23.7 Å². The zero-order valence-electron chi connectivity index (χ0n) is 14.3. The van der Waals surface area contributed by atoms with Crippen LogP contribution in [0.25, 0.3) is 0 Å². The SMILES string of the molecule is Cc1cccc(NC(=O)CSCC(=O)Nc2ccc(OC(F)F)c(Cl)c2)c1. The van der Waals surface area contributed by atoms with Gasteiger partial charge in [-0.2, -0.15) is 8.78 Å². The number of rotatable bonds is 8. The number of halogens is 3. The van der Waals surface area contributed by atoms with E-state index in [1.807, 2.05) is 25.1 Å². The molecule has 144 valence electrons. The Kier molecular flexibility index (Phi) is 7.87. The molecule has 2 amide bonds. The lowest BCUT2D eigenvalue weighted by Crippen LogP contribution is -2.18. The molecule has 0 aliphatic heterocycles. The molecule has 0 saturated heterocycles. The van der Waals surface area contributed by atoms with Crippen molar-refractivity contribution in [1.82, 2.24) is 0 Å². The lowest BCUT2D eigenvalue weighted by Gasteiger charge is -2.10. The third-order valence-electron chi connectivity index (χ3n) is 3.20. The van der Waals surface area contributed by atoms with Crippen molar-refractivity contribution in [1.29, 1.82) is 0 Å². The largest absolute Gasteiger partial charge is 0.433 e. The van der Waals surface area contributed by atoms with Crippen molar-refractivity contribution in [2.75, 3.05) is 22.1 Å². The van der Waals surface area contributed by atoms with Crippen LogP contribution in [0.1, 0.15) is 5.56 Å². The van der Waals surface area contributed by atoms with Gasteiger partial charge in [0.1, 0.15) is 5.75 Å². The smallest absolute Gasteiger partial charge is 0.387 e. The average molecular weight is 415 g/mol. The number of aryl methyl sites for hydroxylation is 1. The second kappa shape index (κ2) is 10.1. The first kappa shape index (κ1) is 21.0. The number of carbonyl (C=O) groups excluding carboxylic acids is 2. The van der Waals surface area contributed by atoms with Crippen molar-refractivity contribution < 1.29 is 23.1 Å². The summed E-state index contributed by atoms with van der Waals surface area (Å²) in [6.45, 7) is -1.06. The summed E-state index contributed by atoms with van der Waals surface area (Å²) in [5.74, 6) is -0.569. The normalized spacial score (nSPS) is 10.6. The maximum absolute atomic E-state index is 12.2. The van der Waals surface area contributed by atoms with Gasteiger partial charge in [-0.3, -0.25) is 9.59 Å². The summed E-state index contributed by atoms with van der Waals surface area (Å²) in [6.07, 6.45) is 0. The van der Waals surface area contributed by atoms with Crippen molar-refractivity contribution >= 4 is 46.6 Å². The summed E-state index contributed by atoms with van der Waals surface area (Å²) in [7, 11) is 0. The number of nitrogens with one attached hydrogen (secondary N) is 2. The van der Waals surface area contributed by atoms with Crippen LogP contribution >= 0.6 is 23.4 Å². The van der Waals surface area contributed by atoms with E-state index in [9.17, 15) is 18.4 Å². The molecule has 0 saturated carbocycles. The molecule has 0 spiro atoms. The first-order chi connectivity index (χ1) is 12.8. The van der Waals surface area contributed by atoms with E-state index in [1.165, 1.54) is 18.2 Å². The molecular weight excluding hydrogens is 398 g/mol. The Morgan fingerprint density at radius 1 is 1.07 bits per heavy atom. The van der Waals surface area contributed by atoms with Crippen molar-refractivity contribution in [3.63, 3.8) is 0 Å². The number of amides is 2. The molecule has 2 aromatic carbocycles. The van der Waals surface area contributed by atoms with Gasteiger partial charge in [0.05, 0.1) is 16.5 Å². The summed E-state index contributed by atoms with van der Waals surface area (Å²) >= 11 is 6.97. The van der Waals surface area contributed by atoms with E-state index in [0.717, 1.165) is 17.3 Å². The number of anilines is 2. The van der Waals surface area contributed by atoms with Gasteiger partial charge in [-0.15, -0.1) is 11.8 Å². The zero-order valence-corrected chi connectivity index (χ0v) is 15.9. The van der Waals surface area contributed by atoms with Gasteiger partial charge in [0.15, 0.2) is 0 Å². The molecule has 0 atom stereocenters. The molecule has 0 fully saturated rings. The van der Waals surface area contributed by atoms with E-state index in [1.54, 1.807) is 6.07 Å². The summed E-state index contributed by atoms with van der Waals surface area (Å²) in [5, 5.41) is 5.28. The maximum Gasteiger partial charge on any atom is 0.387 e. The van der Waals surface area contributed by atoms with Crippen LogP contribution in [0.5, 0.6) is 5.75 Å². The topological polar surface area (TPSA) is 67.4 Å². The lowest BCUT2D eigenvalue weighted by molar-refractivity contribution is -0.114. The number of ether oxygens (including phenoxy) is 1. The van der Waals surface area contributed by atoms with E-state index in [4.69, 9.17) is 11.6 Å². The first-order valence-corrected chi connectivity index (χ1v) is 9.35. The Morgan fingerprint density at radius 3 is 2.26 bits per heavy atom. The van der Waals surface area contributed by atoms with Crippen LogP contribution in [0.4, 0.5) is 20.2 Å². The predicted octanol–water partition coefficient (Wildman–Crippen LogP) is 4.56. The van der Waals surface area contributed by atoms with Crippen molar-refractivity contribution in [3.8, 4) is 5.75 Å². The molecule has 2 N–H and O–H groups in total. The third kappa shape index (κ3) is 7.44. The Bertz CT molecular complexity index is 821. The van der Waals surface area contributed by atoms with E-state index in [0.29, 0.717) is 11.4 Å². The Balaban J connectivity index is 1.76. The van der Waals surface area contributed by atoms with Gasteiger partial charge in [-0.25, -0.2) is 0 Å². The lowest BCUT2D eigenvalue weighted by atomic mass is 10.2. The van der Waals surface area contributed by atoms with Crippen molar-refractivity contribution in [2.24, 2.45) is 0 Å². The maximum atomic E-state index is 12.2. The highest BCUT2D eigenvalue weighted by atomic mass is 35.5. The molecule has 5 nitrogen and oxygen atoms in total. The average Bonchev–Trinajstić information content (AvgIpc) is 2.57. The van der Waals surface area contributed by atoms with Crippen LogP contribution in [0.3, 0.4) is 0 Å². The van der Waals surface area contributed by atoms with Crippen LogP contribution in [0.2, 0.25) is 5.02 Å². The van der Waals surface area contributed by atoms with Gasteiger partial charge in [-0.05, 0) is 42.8 Å². The van der Waals surface area contributed by atoms with Crippen LogP contribution in [0.15, 0.2) is 42.5 Å². The molecule has 0 aromatic heterocycles. The molecule has 0 aliphatic carbocycles. The molecule has 0 bridgehead atoms. The molecule has 2 rings (SSSR count). The quantitative estimate of drug-likeness (QED) is 0.664. The second-order valence-corrected chi connectivity index (χ2v) is 6.88. The first-order valence-electron chi connectivity index (χ1n) is 7.82. The highest BCUT2D eigenvalue weighted by Crippen LogP contribution is 2.29. The fraction of sp³-hybridized carbons (Fsp3) is 0.222. The van der Waals surface area contributed by atoms with Crippen LogP contribution < -0.4 is 15.4 Å². The van der Waals surface area contributed by atoms with Gasteiger partial charge < -0.3 is 15.4 Å². The standard InChI is InChI=1S/C18H17ClF2N2O3S/c1-11-3-2-4-12(7-11)22-16(24)9-27-10-17(25)23-13-5-6-15(14(19)8-13)26-18(20)21/h2-8,18H,9-10H2,1H3,(H,22,24)(H,23,25). The Hall–Kier alpha value is -2.32. The second-order valence-electron chi connectivity index (χ2n) is 5.48. The Labute approximate surface area is 164 Å². The predicted molar refractivity (Wildman–Crippen MR) is 104 cm³/mol. The summed E-state index contributed by atoms with van der Waals surface area (Å²) in [5.41, 5.74) is 2.07. The van der Waals surface area contributed by atoms with E-state index < -0.39 is 6.61 Å². The number of thioether (sulfide) groups is 1. The number of carbonyl (C=O) groups is 2. The molecular formula is C18H17ClF2N2O3S. The van der Waals surface area contributed by atoms with Crippen molar-refractivity contribution in [2.45, 2.75) is 13.5 Å². The number of hydrogen-bond donors (Lipinski definition) is 2. The molecule has 0 unspecified atom stereocenters. The summed E-state index contributed by atoms with van der Waals surface area (Å²) in [4.78, 5) is 23.8. The molecule has 0 radical (unpaired) electrons. The highest BCUT2D eigenvalue weighted by Gasteiger charge is 2.11. The van der Waals surface area contributed by atoms with E-state index in [2.05, 4.69) is 15.4 Å². The monoisotopic (exact) mass is 414 g/mol. The summed E-state index contributed by atoms with van der Waals surface area (Å²) in [6, 6.07) is 11.4. The van der Waals surface area contributed by atoms with Gasteiger partial charge >= 0.3 is 6.61 Å². The number of hydrogen-bond acceptors (Lipinski definition) is 4. The van der Waals surface area contributed by atoms with E-state index in [-0.39, 0.29) is 34.1 Å². The minimum absolute atomic E-state index is 0.0433.